The van der Waals surface area contributed by atoms with E-state index < -0.39 is 17.9 Å². The first-order chi connectivity index (χ1) is 17.5. The van der Waals surface area contributed by atoms with Crippen LogP contribution in [0.1, 0.15) is 24.8 Å². The van der Waals surface area contributed by atoms with Crippen molar-refractivity contribution in [2.24, 2.45) is 0 Å². The van der Waals surface area contributed by atoms with Crippen molar-refractivity contribution in [2.75, 3.05) is 6.54 Å². The van der Waals surface area contributed by atoms with Gasteiger partial charge in [-0.2, -0.15) is 0 Å². The molecule has 2 aliphatic heterocycles. The van der Waals surface area contributed by atoms with Gasteiger partial charge in [0.25, 0.3) is 5.91 Å². The number of carboxylic acids is 1. The Balaban J connectivity index is 1.51. The zero-order valence-corrected chi connectivity index (χ0v) is 19.6. The van der Waals surface area contributed by atoms with Gasteiger partial charge in [0, 0.05) is 31.2 Å². The lowest BCUT2D eigenvalue weighted by molar-refractivity contribution is -0.141. The van der Waals surface area contributed by atoms with E-state index in [2.05, 4.69) is 16.0 Å². The number of benzene rings is 1. The van der Waals surface area contributed by atoms with Crippen molar-refractivity contribution in [1.29, 1.82) is 0 Å². The number of carbonyl (C=O) groups excluding carboxylic acids is 3. The molecule has 0 aliphatic carbocycles. The molecule has 1 aromatic rings. The van der Waals surface area contributed by atoms with E-state index >= 15 is 0 Å². The van der Waals surface area contributed by atoms with Gasteiger partial charge in [-0.05, 0) is 42.7 Å². The Kier molecular flexibility index (Phi) is 9.61. The van der Waals surface area contributed by atoms with Gasteiger partial charge in [-0.25, -0.2) is 9.59 Å². The Labute approximate surface area is 209 Å². The summed E-state index contributed by atoms with van der Waals surface area (Å²) in [7, 11) is 0. The van der Waals surface area contributed by atoms with Crippen LogP contribution in [0.2, 0.25) is 0 Å². The Morgan fingerprint density at radius 2 is 1.86 bits per heavy atom. The van der Waals surface area contributed by atoms with E-state index in [9.17, 15) is 24.3 Å². The smallest absolute Gasteiger partial charge is 0.326 e. The molecule has 0 aromatic heterocycles. The first-order valence-corrected chi connectivity index (χ1v) is 11.5. The molecule has 186 valence electrons. The van der Waals surface area contributed by atoms with E-state index in [0.717, 1.165) is 11.3 Å². The lowest BCUT2D eigenvalue weighted by Gasteiger charge is -2.25. The van der Waals surface area contributed by atoms with Crippen LogP contribution in [0.15, 0.2) is 96.2 Å². The number of hydrogen-bond donors (Lipinski definition) is 4. The van der Waals surface area contributed by atoms with Crippen molar-refractivity contribution in [3.05, 3.63) is 102 Å². The highest BCUT2D eigenvalue weighted by Crippen LogP contribution is 2.21. The standard InChI is InChI=1S/C27H28N4O5/c32-19-24-22(12-8-16-31(24)18-20-9-3-1-4-10-20)26(34)30-23(27(35)36)13-7-15-29-25(33)17-21-11-5-2-6-14-28-21/h1-6,8-12,14,16,23,28H,7,13,15,17-18H2,(H,29,33)(H,30,34)(H,35,36). The molecule has 0 spiro atoms. The third-order valence-electron chi connectivity index (χ3n) is 5.44. The molecule has 3 rings (SSSR count). The Morgan fingerprint density at radius 1 is 1.06 bits per heavy atom. The summed E-state index contributed by atoms with van der Waals surface area (Å²) >= 11 is 0. The average molecular weight is 489 g/mol. The Hall–Kier alpha value is -4.62. The number of amides is 2. The van der Waals surface area contributed by atoms with Crippen molar-refractivity contribution in [2.45, 2.75) is 31.8 Å². The summed E-state index contributed by atoms with van der Waals surface area (Å²) in [5.41, 5.74) is 1.74. The van der Waals surface area contributed by atoms with Crippen LogP contribution in [0.25, 0.3) is 0 Å². The fraction of sp³-hybridized carbons (Fsp3) is 0.222. The van der Waals surface area contributed by atoms with Gasteiger partial charge in [-0.15, -0.1) is 0 Å². The number of nitrogens with zero attached hydrogens (tertiary/aromatic N) is 1. The van der Waals surface area contributed by atoms with Gasteiger partial charge in [-0.1, -0.05) is 42.5 Å². The van der Waals surface area contributed by atoms with Gasteiger partial charge in [0.1, 0.15) is 11.7 Å². The Morgan fingerprint density at radius 3 is 2.61 bits per heavy atom. The maximum absolute atomic E-state index is 12.9. The fourth-order valence-electron chi connectivity index (χ4n) is 3.63. The van der Waals surface area contributed by atoms with Crippen LogP contribution >= 0.6 is 0 Å². The predicted octanol–water partition coefficient (Wildman–Crippen LogP) is 2.07. The highest BCUT2D eigenvalue weighted by Gasteiger charge is 2.27. The van der Waals surface area contributed by atoms with Crippen LogP contribution in [-0.2, 0) is 25.7 Å². The van der Waals surface area contributed by atoms with Crippen molar-refractivity contribution >= 4 is 23.7 Å². The molecule has 4 N–H and O–H groups in total. The maximum Gasteiger partial charge on any atom is 0.326 e. The molecule has 36 heavy (non-hydrogen) atoms. The molecule has 0 radical (unpaired) electrons. The summed E-state index contributed by atoms with van der Waals surface area (Å²) in [6.45, 7) is 0.612. The summed E-state index contributed by atoms with van der Waals surface area (Å²) in [6.07, 6.45) is 14.3. The second-order valence-corrected chi connectivity index (χ2v) is 8.10. The highest BCUT2D eigenvalue weighted by atomic mass is 16.4. The van der Waals surface area contributed by atoms with Crippen LogP contribution in [-0.4, -0.2) is 46.3 Å². The SMILES string of the molecule is O=C=C1C(C(=O)NC(CCCNC(=O)CC2=CC=CC=CN2)C(=O)O)=CC=CN1Cc1ccccc1. The number of carbonyl (C=O) groups is 3. The van der Waals surface area contributed by atoms with Gasteiger partial charge >= 0.3 is 5.97 Å². The molecule has 0 fully saturated rings. The molecule has 2 aliphatic rings. The number of hydrogen-bond acceptors (Lipinski definition) is 6. The molecule has 0 saturated heterocycles. The minimum absolute atomic E-state index is 0.0290. The number of carboxylic acid groups (broad SMARTS) is 1. The van der Waals surface area contributed by atoms with E-state index in [1.807, 2.05) is 54.5 Å². The summed E-state index contributed by atoms with van der Waals surface area (Å²) in [5.74, 6) is -0.277. The largest absolute Gasteiger partial charge is 0.480 e. The Bertz CT molecular complexity index is 1170. The number of rotatable bonds is 11. The van der Waals surface area contributed by atoms with Crippen LogP contribution in [0.5, 0.6) is 0 Å². The van der Waals surface area contributed by atoms with E-state index in [0.29, 0.717) is 13.0 Å². The zero-order chi connectivity index (χ0) is 25.8. The van der Waals surface area contributed by atoms with Crippen molar-refractivity contribution in [1.82, 2.24) is 20.9 Å². The summed E-state index contributed by atoms with van der Waals surface area (Å²) in [6, 6.07) is 8.23. The van der Waals surface area contributed by atoms with E-state index in [1.54, 1.807) is 29.5 Å². The van der Waals surface area contributed by atoms with Crippen LogP contribution in [0.4, 0.5) is 0 Å². The van der Waals surface area contributed by atoms with E-state index in [-0.39, 0.29) is 36.6 Å². The molecule has 2 heterocycles. The van der Waals surface area contributed by atoms with Gasteiger partial charge < -0.3 is 26.0 Å². The van der Waals surface area contributed by atoms with Gasteiger partial charge in [0.15, 0.2) is 5.94 Å². The second kappa shape index (κ2) is 13.3. The zero-order valence-electron chi connectivity index (χ0n) is 19.6. The molecule has 9 nitrogen and oxygen atoms in total. The van der Waals surface area contributed by atoms with E-state index in [4.69, 9.17) is 0 Å². The fourth-order valence-corrected chi connectivity index (χ4v) is 3.63. The second-order valence-electron chi connectivity index (χ2n) is 8.10. The first kappa shape index (κ1) is 26.0. The monoisotopic (exact) mass is 488 g/mol. The molecular weight excluding hydrogens is 460 g/mol. The minimum atomic E-state index is -1.20. The van der Waals surface area contributed by atoms with Crippen LogP contribution in [0, 0.1) is 0 Å². The molecule has 1 unspecified atom stereocenters. The molecule has 0 saturated carbocycles. The molecule has 2 amide bonds. The van der Waals surface area contributed by atoms with Crippen LogP contribution < -0.4 is 16.0 Å². The topological polar surface area (TPSA) is 128 Å². The van der Waals surface area contributed by atoms with Gasteiger partial charge in [0.05, 0.1) is 12.0 Å². The lowest BCUT2D eigenvalue weighted by Crippen LogP contribution is -2.43. The van der Waals surface area contributed by atoms with Crippen LogP contribution in [0.3, 0.4) is 0 Å². The third-order valence-corrected chi connectivity index (χ3v) is 5.44. The van der Waals surface area contributed by atoms with E-state index in [1.165, 1.54) is 6.08 Å². The summed E-state index contributed by atoms with van der Waals surface area (Å²) in [4.78, 5) is 50.0. The van der Waals surface area contributed by atoms with Crippen molar-refractivity contribution < 1.29 is 24.3 Å². The lowest BCUT2D eigenvalue weighted by atomic mass is 10.1. The molecule has 9 heteroatoms. The normalized spacial score (nSPS) is 15.1. The summed E-state index contributed by atoms with van der Waals surface area (Å²) < 4.78 is 0. The molecular formula is C27H28N4O5. The van der Waals surface area contributed by atoms with Crippen molar-refractivity contribution in [3.63, 3.8) is 0 Å². The average Bonchev–Trinajstić information content (AvgIpc) is 3.14. The minimum Gasteiger partial charge on any atom is -0.480 e. The first-order valence-electron chi connectivity index (χ1n) is 11.5. The number of allylic oxidation sites excluding steroid dienone is 6. The predicted molar refractivity (Wildman–Crippen MR) is 134 cm³/mol. The third kappa shape index (κ3) is 7.72. The maximum atomic E-state index is 12.9. The van der Waals surface area contributed by atoms with Crippen molar-refractivity contribution in [3.8, 4) is 0 Å². The van der Waals surface area contributed by atoms with Gasteiger partial charge in [0.2, 0.25) is 5.91 Å². The van der Waals surface area contributed by atoms with Gasteiger partial charge in [-0.3, -0.25) is 9.59 Å². The molecule has 1 atom stereocenters. The number of aliphatic carboxylic acids is 1. The molecule has 0 bridgehead atoms. The number of nitrogens with one attached hydrogen (secondary N) is 3. The molecule has 1 aromatic carbocycles. The summed E-state index contributed by atoms with van der Waals surface area (Å²) in [5, 5.41) is 17.8. The quantitative estimate of drug-likeness (QED) is 0.277. The highest BCUT2D eigenvalue weighted by molar-refractivity contribution is 6.02.